The Hall–Kier alpha value is -4.99. The minimum atomic E-state index is -0.455. The number of nitrogens with two attached hydrogens (primary N) is 1. The molecule has 1 saturated carbocycles. The van der Waals surface area contributed by atoms with Crippen LogP contribution in [0.3, 0.4) is 0 Å². The maximum atomic E-state index is 13.1. The Morgan fingerprint density at radius 3 is 2.16 bits per heavy atom. The van der Waals surface area contributed by atoms with Gasteiger partial charge in [-0.2, -0.15) is 0 Å². The molecular formula is C34H30Cl2N6O3. The number of halogens is 2. The molecule has 4 N–H and O–H groups in total. The minimum absolute atomic E-state index is 0.0736. The van der Waals surface area contributed by atoms with Crippen molar-refractivity contribution in [3.05, 3.63) is 142 Å². The van der Waals surface area contributed by atoms with E-state index in [0.29, 0.717) is 22.0 Å². The predicted molar refractivity (Wildman–Crippen MR) is 176 cm³/mol. The SMILES string of the molecule is Cc1nccn1CC1(c2ccc(C(=O)Nc3c(Cl)cccc3C(=O)Nc3ccc(Cl)cn3)cc2)CC1.NC(=O)c1ccccc1. The zero-order valence-corrected chi connectivity index (χ0v) is 25.8. The number of nitrogens with one attached hydrogen (secondary N) is 2. The van der Waals surface area contributed by atoms with Gasteiger partial charge in [-0.05, 0) is 73.9 Å². The maximum Gasteiger partial charge on any atom is 0.258 e. The molecule has 0 saturated heterocycles. The van der Waals surface area contributed by atoms with E-state index in [9.17, 15) is 14.4 Å². The number of aromatic nitrogens is 3. The van der Waals surface area contributed by atoms with Crippen LogP contribution >= 0.6 is 23.2 Å². The van der Waals surface area contributed by atoms with E-state index in [1.54, 1.807) is 66.7 Å². The second-order valence-electron chi connectivity index (χ2n) is 10.6. The first kappa shape index (κ1) is 31.4. The molecule has 45 heavy (non-hydrogen) atoms. The molecule has 5 aromatic rings. The monoisotopic (exact) mass is 640 g/mol. The number of para-hydroxylation sites is 1. The highest BCUT2D eigenvalue weighted by molar-refractivity contribution is 6.35. The van der Waals surface area contributed by atoms with E-state index in [-0.39, 0.29) is 33.5 Å². The van der Waals surface area contributed by atoms with Gasteiger partial charge in [-0.25, -0.2) is 9.97 Å². The number of pyridine rings is 1. The Balaban J connectivity index is 0.000000383. The fourth-order valence-corrected chi connectivity index (χ4v) is 5.16. The van der Waals surface area contributed by atoms with Crippen LogP contribution < -0.4 is 16.4 Å². The van der Waals surface area contributed by atoms with E-state index in [1.807, 2.05) is 37.5 Å². The van der Waals surface area contributed by atoms with E-state index in [4.69, 9.17) is 28.9 Å². The van der Waals surface area contributed by atoms with Crippen molar-refractivity contribution in [1.82, 2.24) is 14.5 Å². The van der Waals surface area contributed by atoms with Gasteiger partial charge >= 0.3 is 0 Å². The van der Waals surface area contributed by atoms with E-state index in [0.717, 1.165) is 25.2 Å². The quantitative estimate of drug-likeness (QED) is 0.169. The van der Waals surface area contributed by atoms with Crippen LogP contribution in [0.2, 0.25) is 10.0 Å². The van der Waals surface area contributed by atoms with Gasteiger partial charge in [0.15, 0.2) is 0 Å². The summed E-state index contributed by atoms with van der Waals surface area (Å²) in [6.07, 6.45) is 7.43. The van der Waals surface area contributed by atoms with Crippen molar-refractivity contribution >= 4 is 52.4 Å². The lowest BCUT2D eigenvalue weighted by Crippen LogP contribution is -2.19. The van der Waals surface area contributed by atoms with E-state index >= 15 is 0 Å². The van der Waals surface area contributed by atoms with Crippen molar-refractivity contribution in [2.75, 3.05) is 10.6 Å². The normalized spacial score (nSPS) is 12.8. The molecule has 11 heteroatoms. The van der Waals surface area contributed by atoms with Crippen LogP contribution in [-0.4, -0.2) is 32.3 Å². The molecule has 0 bridgehead atoms. The lowest BCUT2D eigenvalue weighted by atomic mass is 9.94. The second-order valence-corrected chi connectivity index (χ2v) is 11.5. The number of anilines is 2. The number of carbonyl (C=O) groups is 3. The van der Waals surface area contributed by atoms with Crippen molar-refractivity contribution in [1.29, 1.82) is 0 Å². The van der Waals surface area contributed by atoms with E-state index in [2.05, 4.69) is 25.2 Å². The minimum Gasteiger partial charge on any atom is -0.366 e. The molecule has 0 aliphatic heterocycles. The van der Waals surface area contributed by atoms with Gasteiger partial charge in [0.1, 0.15) is 11.6 Å². The summed E-state index contributed by atoms with van der Waals surface area (Å²) in [5.74, 6) is 0.128. The predicted octanol–water partition coefficient (Wildman–Crippen LogP) is 6.92. The first-order valence-electron chi connectivity index (χ1n) is 14.1. The number of carbonyl (C=O) groups excluding carboxylic acids is 3. The Kier molecular flexibility index (Phi) is 9.61. The van der Waals surface area contributed by atoms with Crippen molar-refractivity contribution in [3.63, 3.8) is 0 Å². The number of primary amides is 1. The molecule has 0 unspecified atom stereocenters. The topological polar surface area (TPSA) is 132 Å². The average Bonchev–Trinajstić information content (AvgIpc) is 3.73. The Labute approximate surface area is 270 Å². The highest BCUT2D eigenvalue weighted by Gasteiger charge is 2.44. The third kappa shape index (κ3) is 7.75. The number of hydrogen-bond acceptors (Lipinski definition) is 5. The summed E-state index contributed by atoms with van der Waals surface area (Å²) in [4.78, 5) is 44.8. The molecule has 0 atom stereocenters. The van der Waals surface area contributed by atoms with Gasteiger partial charge in [-0.15, -0.1) is 0 Å². The summed E-state index contributed by atoms with van der Waals surface area (Å²) in [5, 5.41) is 6.21. The van der Waals surface area contributed by atoms with Gasteiger partial charge in [0.05, 0.1) is 21.3 Å². The van der Waals surface area contributed by atoms with Crippen molar-refractivity contribution in [3.8, 4) is 0 Å². The van der Waals surface area contributed by atoms with Crippen LogP contribution in [-0.2, 0) is 12.0 Å². The van der Waals surface area contributed by atoms with Gasteiger partial charge in [-0.1, -0.05) is 59.6 Å². The Morgan fingerprint density at radius 2 is 1.58 bits per heavy atom. The number of amides is 3. The summed E-state index contributed by atoms with van der Waals surface area (Å²) < 4.78 is 2.16. The molecule has 2 aromatic heterocycles. The molecule has 0 radical (unpaired) electrons. The first-order chi connectivity index (χ1) is 21.6. The summed E-state index contributed by atoms with van der Waals surface area (Å²) in [6, 6.07) is 24.4. The third-order valence-corrected chi connectivity index (χ3v) is 8.07. The number of nitrogens with zero attached hydrogens (tertiary/aromatic N) is 3. The zero-order valence-electron chi connectivity index (χ0n) is 24.3. The fourth-order valence-electron chi connectivity index (χ4n) is 4.82. The molecule has 3 aromatic carbocycles. The number of hydrogen-bond donors (Lipinski definition) is 3. The zero-order chi connectivity index (χ0) is 32.0. The lowest BCUT2D eigenvalue weighted by molar-refractivity contribution is 0.0995. The van der Waals surface area contributed by atoms with Crippen LogP contribution in [0.25, 0.3) is 0 Å². The molecule has 2 heterocycles. The van der Waals surface area contributed by atoms with Crippen molar-refractivity contribution in [2.45, 2.75) is 31.7 Å². The molecule has 228 valence electrons. The fraction of sp³-hybridized carbons (Fsp3) is 0.147. The van der Waals surface area contributed by atoms with Crippen molar-refractivity contribution in [2.24, 2.45) is 5.73 Å². The van der Waals surface area contributed by atoms with Gasteiger partial charge in [0, 0.05) is 41.7 Å². The summed E-state index contributed by atoms with van der Waals surface area (Å²) in [7, 11) is 0. The van der Waals surface area contributed by atoms with Gasteiger partial charge in [0.25, 0.3) is 11.8 Å². The molecule has 1 fully saturated rings. The van der Waals surface area contributed by atoms with Gasteiger partial charge in [0.2, 0.25) is 5.91 Å². The molecule has 0 spiro atoms. The molecular weight excluding hydrogens is 611 g/mol. The largest absolute Gasteiger partial charge is 0.366 e. The maximum absolute atomic E-state index is 13.1. The van der Waals surface area contributed by atoms with Crippen LogP contribution in [0, 0.1) is 6.92 Å². The van der Waals surface area contributed by atoms with Crippen LogP contribution in [0.5, 0.6) is 0 Å². The molecule has 3 amide bonds. The smallest absolute Gasteiger partial charge is 0.258 e. The Morgan fingerprint density at radius 1 is 0.844 bits per heavy atom. The highest BCUT2D eigenvalue weighted by atomic mass is 35.5. The van der Waals surface area contributed by atoms with Crippen LogP contribution in [0.1, 0.15) is 55.3 Å². The highest BCUT2D eigenvalue weighted by Crippen LogP contribution is 2.49. The first-order valence-corrected chi connectivity index (χ1v) is 14.9. The number of rotatable bonds is 8. The molecule has 9 nitrogen and oxygen atoms in total. The third-order valence-electron chi connectivity index (χ3n) is 7.53. The Bertz CT molecular complexity index is 1820. The van der Waals surface area contributed by atoms with Crippen molar-refractivity contribution < 1.29 is 14.4 Å². The van der Waals surface area contributed by atoms with Gasteiger partial charge in [-0.3, -0.25) is 14.4 Å². The standard InChI is InChI=1S/C27H23Cl2N5O2.C7H7NO/c1-17-30-13-14-34(17)16-27(11-12-27)19-7-5-18(6-8-19)25(35)33-24-21(3-2-4-22(24)29)26(36)32-23-10-9-20(28)15-31-23;8-7(9)6-4-2-1-3-5-6/h2-10,13-15H,11-12,16H2,1H3,(H,33,35)(H,31,32,36);1-5H,(H2,8,9). The summed E-state index contributed by atoms with van der Waals surface area (Å²) in [6.45, 7) is 2.86. The molecule has 1 aliphatic carbocycles. The van der Waals surface area contributed by atoms with Crippen LogP contribution in [0.4, 0.5) is 11.5 Å². The molecule has 6 rings (SSSR count). The summed E-state index contributed by atoms with van der Waals surface area (Å²) >= 11 is 12.2. The number of aryl methyl sites for hydroxylation is 1. The second kappa shape index (κ2) is 13.8. The summed E-state index contributed by atoms with van der Waals surface area (Å²) in [5.41, 5.74) is 7.72. The van der Waals surface area contributed by atoms with Crippen LogP contribution in [0.15, 0.2) is 104 Å². The number of imidazole rings is 1. The van der Waals surface area contributed by atoms with E-state index in [1.165, 1.54) is 11.8 Å². The molecule has 1 aliphatic rings. The number of benzene rings is 3. The van der Waals surface area contributed by atoms with E-state index < -0.39 is 5.91 Å². The van der Waals surface area contributed by atoms with Gasteiger partial charge < -0.3 is 20.9 Å². The average molecular weight is 642 g/mol. The lowest BCUT2D eigenvalue weighted by Gasteiger charge is -2.18.